The fraction of sp³-hybridized carbons (Fsp3) is 0.333. The third kappa shape index (κ3) is 2.98. The number of aromatic nitrogens is 2. The van der Waals surface area contributed by atoms with Crippen LogP contribution >= 0.6 is 22.9 Å². The number of hydrogen-bond donors (Lipinski definition) is 1. The van der Waals surface area contributed by atoms with Crippen LogP contribution in [0.3, 0.4) is 0 Å². The Bertz CT molecular complexity index is 530. The number of ether oxygens (including phenoxy) is 1. The van der Waals surface area contributed by atoms with Crippen LogP contribution in [0.15, 0.2) is 17.5 Å². The molecule has 0 fully saturated rings. The van der Waals surface area contributed by atoms with Crippen LogP contribution in [-0.2, 0) is 11.3 Å². The van der Waals surface area contributed by atoms with Crippen LogP contribution in [0.5, 0.6) is 0 Å². The Kier molecular flexibility index (Phi) is 4.52. The lowest BCUT2D eigenvalue weighted by atomic mass is 10.3. The predicted molar refractivity (Wildman–Crippen MR) is 75.2 cm³/mol. The van der Waals surface area contributed by atoms with Gasteiger partial charge in [-0.25, -0.2) is 9.97 Å². The number of hydrogen-bond acceptors (Lipinski definition) is 5. The standard InChI is InChI=1S/C12H14ClN3OS/c1-3-17-7-11-15-9(6-10(14-2)16-11)12-8(13)4-5-18-12/h4-6H,3,7H2,1-2H3,(H,14,15,16). The minimum Gasteiger partial charge on any atom is -0.374 e. The first-order chi connectivity index (χ1) is 8.74. The van der Waals surface area contributed by atoms with E-state index in [1.54, 1.807) is 11.3 Å². The Morgan fingerprint density at radius 1 is 1.44 bits per heavy atom. The summed E-state index contributed by atoms with van der Waals surface area (Å²) in [6.45, 7) is 2.99. The van der Waals surface area contributed by atoms with Gasteiger partial charge in [0.1, 0.15) is 12.4 Å². The van der Waals surface area contributed by atoms with Crippen LogP contribution in [0.4, 0.5) is 5.82 Å². The molecule has 0 aliphatic carbocycles. The minimum absolute atomic E-state index is 0.405. The molecule has 96 valence electrons. The van der Waals surface area contributed by atoms with Crippen molar-refractivity contribution in [1.82, 2.24) is 9.97 Å². The van der Waals surface area contributed by atoms with Crippen molar-refractivity contribution < 1.29 is 4.74 Å². The van der Waals surface area contributed by atoms with Gasteiger partial charge < -0.3 is 10.1 Å². The second-order valence-corrected chi connectivity index (χ2v) is 4.86. The molecule has 2 rings (SSSR count). The molecule has 0 saturated heterocycles. The van der Waals surface area contributed by atoms with Crippen LogP contribution < -0.4 is 5.32 Å². The lowest BCUT2D eigenvalue weighted by Gasteiger charge is -2.07. The number of rotatable bonds is 5. The quantitative estimate of drug-likeness (QED) is 0.913. The summed E-state index contributed by atoms with van der Waals surface area (Å²) in [5, 5.41) is 5.68. The summed E-state index contributed by atoms with van der Waals surface area (Å²) in [5.74, 6) is 1.42. The summed E-state index contributed by atoms with van der Waals surface area (Å²) in [5.41, 5.74) is 0.823. The van der Waals surface area contributed by atoms with Crippen LogP contribution in [-0.4, -0.2) is 23.6 Å². The monoisotopic (exact) mass is 283 g/mol. The highest BCUT2D eigenvalue weighted by Crippen LogP contribution is 2.32. The second-order valence-electron chi connectivity index (χ2n) is 3.54. The topological polar surface area (TPSA) is 47.0 Å². The summed E-state index contributed by atoms with van der Waals surface area (Å²) in [6.07, 6.45) is 0. The zero-order chi connectivity index (χ0) is 13.0. The lowest BCUT2D eigenvalue weighted by Crippen LogP contribution is -2.03. The molecule has 0 aliphatic rings. The lowest BCUT2D eigenvalue weighted by molar-refractivity contribution is 0.128. The normalized spacial score (nSPS) is 10.6. The molecule has 0 saturated carbocycles. The molecule has 2 aromatic rings. The zero-order valence-corrected chi connectivity index (χ0v) is 11.8. The van der Waals surface area contributed by atoms with Crippen molar-refractivity contribution >= 4 is 28.8 Å². The molecule has 0 aliphatic heterocycles. The van der Waals surface area contributed by atoms with Crippen molar-refractivity contribution in [3.05, 3.63) is 28.4 Å². The van der Waals surface area contributed by atoms with E-state index in [2.05, 4.69) is 15.3 Å². The van der Waals surface area contributed by atoms with Crippen molar-refractivity contribution in [1.29, 1.82) is 0 Å². The van der Waals surface area contributed by atoms with Crippen LogP contribution in [0.25, 0.3) is 10.6 Å². The van der Waals surface area contributed by atoms with Crippen molar-refractivity contribution in [2.45, 2.75) is 13.5 Å². The zero-order valence-electron chi connectivity index (χ0n) is 10.2. The van der Waals surface area contributed by atoms with E-state index in [1.165, 1.54) is 0 Å². The molecule has 0 spiro atoms. The van der Waals surface area contributed by atoms with Gasteiger partial charge in [-0.3, -0.25) is 0 Å². The third-order valence-corrected chi connectivity index (χ3v) is 3.68. The van der Waals surface area contributed by atoms with Gasteiger partial charge in [-0.1, -0.05) is 11.6 Å². The minimum atomic E-state index is 0.405. The van der Waals surface area contributed by atoms with Crippen molar-refractivity contribution in [2.24, 2.45) is 0 Å². The fourth-order valence-electron chi connectivity index (χ4n) is 1.48. The number of halogens is 1. The maximum Gasteiger partial charge on any atom is 0.157 e. The summed E-state index contributed by atoms with van der Waals surface area (Å²) in [7, 11) is 1.83. The first-order valence-corrected chi connectivity index (χ1v) is 6.87. The van der Waals surface area contributed by atoms with E-state index in [-0.39, 0.29) is 0 Å². The predicted octanol–water partition coefficient (Wildman–Crippen LogP) is 3.44. The summed E-state index contributed by atoms with van der Waals surface area (Å²) in [4.78, 5) is 9.77. The van der Waals surface area contributed by atoms with E-state index in [0.717, 1.165) is 16.4 Å². The van der Waals surface area contributed by atoms with E-state index in [9.17, 15) is 0 Å². The molecular weight excluding hydrogens is 270 g/mol. The van der Waals surface area contributed by atoms with E-state index in [1.807, 2.05) is 31.5 Å². The van der Waals surface area contributed by atoms with E-state index < -0.39 is 0 Å². The van der Waals surface area contributed by atoms with Gasteiger partial charge in [0.15, 0.2) is 5.82 Å². The summed E-state index contributed by atoms with van der Waals surface area (Å²) < 4.78 is 5.34. The molecule has 1 N–H and O–H groups in total. The van der Waals surface area contributed by atoms with Gasteiger partial charge in [-0.05, 0) is 18.4 Å². The van der Waals surface area contributed by atoms with Gasteiger partial charge in [-0.15, -0.1) is 11.3 Å². The highest BCUT2D eigenvalue weighted by atomic mass is 35.5. The molecule has 0 aromatic carbocycles. The summed E-state index contributed by atoms with van der Waals surface area (Å²) in [6, 6.07) is 3.75. The van der Waals surface area contributed by atoms with Gasteiger partial charge >= 0.3 is 0 Å². The Hall–Kier alpha value is -1.17. The number of thiophene rings is 1. The largest absolute Gasteiger partial charge is 0.374 e. The highest BCUT2D eigenvalue weighted by molar-refractivity contribution is 7.14. The Morgan fingerprint density at radius 3 is 2.89 bits per heavy atom. The maximum atomic E-state index is 6.12. The molecule has 0 atom stereocenters. The van der Waals surface area contributed by atoms with Crippen LogP contribution in [0.1, 0.15) is 12.7 Å². The fourth-order valence-corrected chi connectivity index (χ4v) is 2.59. The molecule has 0 bridgehead atoms. The number of anilines is 1. The maximum absolute atomic E-state index is 6.12. The van der Waals surface area contributed by atoms with Crippen molar-refractivity contribution in [2.75, 3.05) is 19.0 Å². The molecule has 2 aromatic heterocycles. The number of nitrogens with zero attached hydrogens (tertiary/aromatic N) is 2. The highest BCUT2D eigenvalue weighted by Gasteiger charge is 2.10. The van der Waals surface area contributed by atoms with Gasteiger partial charge in [0.2, 0.25) is 0 Å². The summed E-state index contributed by atoms with van der Waals surface area (Å²) >= 11 is 7.69. The molecule has 4 nitrogen and oxygen atoms in total. The van der Waals surface area contributed by atoms with E-state index >= 15 is 0 Å². The van der Waals surface area contributed by atoms with Crippen molar-refractivity contribution in [3.63, 3.8) is 0 Å². The second kappa shape index (κ2) is 6.13. The first kappa shape index (κ1) is 13.3. The van der Waals surface area contributed by atoms with Gasteiger partial charge in [0, 0.05) is 19.7 Å². The van der Waals surface area contributed by atoms with E-state index in [0.29, 0.717) is 24.1 Å². The molecule has 0 unspecified atom stereocenters. The van der Waals surface area contributed by atoms with E-state index in [4.69, 9.17) is 16.3 Å². The van der Waals surface area contributed by atoms with Gasteiger partial charge in [0.25, 0.3) is 0 Å². The molecule has 18 heavy (non-hydrogen) atoms. The molecule has 0 amide bonds. The third-order valence-electron chi connectivity index (χ3n) is 2.31. The average Bonchev–Trinajstić information content (AvgIpc) is 2.82. The average molecular weight is 284 g/mol. The van der Waals surface area contributed by atoms with Gasteiger partial charge in [0.05, 0.1) is 15.6 Å². The molecule has 0 radical (unpaired) electrons. The molecule has 6 heteroatoms. The number of nitrogens with one attached hydrogen (secondary N) is 1. The molecular formula is C12H14ClN3OS. The van der Waals surface area contributed by atoms with Crippen LogP contribution in [0, 0.1) is 0 Å². The van der Waals surface area contributed by atoms with Crippen LogP contribution in [0.2, 0.25) is 5.02 Å². The Labute approximate surface area is 115 Å². The smallest absolute Gasteiger partial charge is 0.157 e. The molecule has 2 heterocycles. The Morgan fingerprint density at radius 2 is 2.28 bits per heavy atom. The van der Waals surface area contributed by atoms with Crippen molar-refractivity contribution in [3.8, 4) is 10.6 Å². The van der Waals surface area contributed by atoms with Gasteiger partial charge in [-0.2, -0.15) is 0 Å². The SMILES string of the molecule is CCOCc1nc(NC)cc(-c2sccc2Cl)n1. The Balaban J connectivity index is 2.38. The first-order valence-electron chi connectivity index (χ1n) is 5.61.